The van der Waals surface area contributed by atoms with Gasteiger partial charge in [0, 0.05) is 18.5 Å². The topological polar surface area (TPSA) is 90.3 Å². The Bertz CT molecular complexity index is 900. The Kier molecular flexibility index (Phi) is 6.79. The lowest BCUT2D eigenvalue weighted by Gasteiger charge is -2.21. The van der Waals surface area contributed by atoms with Crippen LogP contribution in [0, 0.1) is 5.92 Å². The van der Waals surface area contributed by atoms with Gasteiger partial charge in [-0.3, -0.25) is 9.59 Å². The Morgan fingerprint density at radius 1 is 1.18 bits per heavy atom. The highest BCUT2D eigenvalue weighted by Crippen LogP contribution is 2.22. The van der Waals surface area contributed by atoms with Gasteiger partial charge < -0.3 is 10.1 Å². The van der Waals surface area contributed by atoms with E-state index in [-0.39, 0.29) is 23.8 Å². The number of nitrogens with one attached hydrogen (secondary N) is 1. The van der Waals surface area contributed by atoms with Crippen LogP contribution in [0.15, 0.2) is 29.1 Å². The molecule has 7 nitrogen and oxygen atoms in total. The summed E-state index contributed by atoms with van der Waals surface area (Å²) < 4.78 is 6.46. The molecule has 0 radical (unpaired) electrons. The van der Waals surface area contributed by atoms with Crippen LogP contribution < -0.4 is 10.9 Å². The molecule has 0 bridgehead atoms. The van der Waals surface area contributed by atoms with Crippen molar-refractivity contribution in [3.05, 3.63) is 40.3 Å². The monoisotopic (exact) mass is 385 g/mol. The molecule has 28 heavy (non-hydrogen) atoms. The second-order valence-corrected chi connectivity index (χ2v) is 7.31. The highest BCUT2D eigenvalue weighted by molar-refractivity contribution is 6.02. The fourth-order valence-corrected chi connectivity index (χ4v) is 3.65. The number of fused-ring (bicyclic) bond motifs is 1. The van der Waals surface area contributed by atoms with E-state index in [1.807, 2.05) is 6.92 Å². The third kappa shape index (κ3) is 4.77. The van der Waals surface area contributed by atoms with E-state index in [0.29, 0.717) is 36.2 Å². The number of amides is 1. The first-order chi connectivity index (χ1) is 13.6. The van der Waals surface area contributed by atoms with Gasteiger partial charge in [0.2, 0.25) is 0 Å². The van der Waals surface area contributed by atoms with E-state index < -0.39 is 5.97 Å². The molecule has 1 N–H and O–H groups in total. The number of aromatic nitrogens is 2. The van der Waals surface area contributed by atoms with Crippen molar-refractivity contribution < 1.29 is 14.3 Å². The maximum absolute atomic E-state index is 12.6. The zero-order valence-corrected chi connectivity index (χ0v) is 16.3. The van der Waals surface area contributed by atoms with E-state index in [1.54, 1.807) is 24.3 Å². The van der Waals surface area contributed by atoms with Gasteiger partial charge in [-0.2, -0.15) is 5.10 Å². The number of hydrogen-bond donors (Lipinski definition) is 1. The standard InChI is InChI=1S/C21H27N3O4/c1-2-12-24-20(26)17-11-7-6-10-16(17)19(23-24)21(27)28-14-18(25)22-13-15-8-4-3-5-9-15/h6-7,10-11,15H,2-5,8-9,12-14H2,1H3,(H,22,25). The van der Waals surface area contributed by atoms with E-state index in [1.165, 1.54) is 23.9 Å². The molecule has 7 heteroatoms. The normalized spacial score (nSPS) is 14.8. The molecule has 2 aromatic rings. The number of carbonyl (C=O) groups excluding carboxylic acids is 2. The minimum absolute atomic E-state index is 0.0590. The van der Waals surface area contributed by atoms with Crippen molar-refractivity contribution in [3.63, 3.8) is 0 Å². The summed E-state index contributed by atoms with van der Waals surface area (Å²) in [7, 11) is 0. The second-order valence-electron chi connectivity index (χ2n) is 7.31. The quantitative estimate of drug-likeness (QED) is 0.740. The summed E-state index contributed by atoms with van der Waals surface area (Å²) >= 11 is 0. The molecule has 1 aliphatic carbocycles. The average Bonchev–Trinajstić information content (AvgIpc) is 2.73. The van der Waals surface area contributed by atoms with Gasteiger partial charge in [-0.1, -0.05) is 44.4 Å². The number of aryl methyl sites for hydroxylation is 1. The van der Waals surface area contributed by atoms with E-state index in [0.717, 1.165) is 12.8 Å². The number of hydrogen-bond acceptors (Lipinski definition) is 5. The zero-order valence-electron chi connectivity index (χ0n) is 16.3. The van der Waals surface area contributed by atoms with Gasteiger partial charge in [-0.15, -0.1) is 0 Å². The lowest BCUT2D eigenvalue weighted by atomic mass is 9.89. The average molecular weight is 385 g/mol. The maximum atomic E-state index is 12.6. The van der Waals surface area contributed by atoms with Gasteiger partial charge in [0.1, 0.15) is 0 Å². The first-order valence-electron chi connectivity index (χ1n) is 10.0. The van der Waals surface area contributed by atoms with Crippen LogP contribution in [0.4, 0.5) is 0 Å². The van der Waals surface area contributed by atoms with Crippen molar-refractivity contribution >= 4 is 22.6 Å². The molecule has 1 amide bonds. The summed E-state index contributed by atoms with van der Waals surface area (Å²) in [4.78, 5) is 37.1. The number of ether oxygens (including phenoxy) is 1. The lowest BCUT2D eigenvalue weighted by molar-refractivity contribution is -0.124. The summed E-state index contributed by atoms with van der Waals surface area (Å²) in [5, 5.41) is 7.88. The summed E-state index contributed by atoms with van der Waals surface area (Å²) in [5.41, 5.74) is -0.178. The smallest absolute Gasteiger partial charge is 0.359 e. The summed E-state index contributed by atoms with van der Waals surface area (Å²) in [6.45, 7) is 2.61. The van der Waals surface area contributed by atoms with Gasteiger partial charge in [0.15, 0.2) is 12.3 Å². The van der Waals surface area contributed by atoms with Crippen LogP contribution in [0.25, 0.3) is 10.8 Å². The molecule has 1 aromatic heterocycles. The Morgan fingerprint density at radius 3 is 2.61 bits per heavy atom. The summed E-state index contributed by atoms with van der Waals surface area (Å²) in [6.07, 6.45) is 6.67. The Balaban J connectivity index is 1.66. The molecule has 0 spiro atoms. The van der Waals surface area contributed by atoms with Gasteiger partial charge >= 0.3 is 5.97 Å². The third-order valence-corrected chi connectivity index (χ3v) is 5.14. The van der Waals surface area contributed by atoms with Crippen LogP contribution in [0.5, 0.6) is 0 Å². The van der Waals surface area contributed by atoms with Crippen molar-refractivity contribution in [1.29, 1.82) is 0 Å². The van der Waals surface area contributed by atoms with Crippen LogP contribution in [-0.2, 0) is 16.1 Å². The zero-order chi connectivity index (χ0) is 19.9. The summed E-state index contributed by atoms with van der Waals surface area (Å²) in [5.74, 6) is -0.504. The maximum Gasteiger partial charge on any atom is 0.359 e. The van der Waals surface area contributed by atoms with E-state index in [9.17, 15) is 14.4 Å². The lowest BCUT2D eigenvalue weighted by Crippen LogP contribution is -2.34. The minimum Gasteiger partial charge on any atom is -0.451 e. The first kappa shape index (κ1) is 20.0. The predicted molar refractivity (Wildman–Crippen MR) is 106 cm³/mol. The number of rotatable bonds is 7. The van der Waals surface area contributed by atoms with E-state index >= 15 is 0 Å². The predicted octanol–water partition coefficient (Wildman–Crippen LogP) is 2.66. The number of carbonyl (C=O) groups is 2. The molecule has 1 saturated carbocycles. The van der Waals surface area contributed by atoms with Crippen LogP contribution in [0.3, 0.4) is 0 Å². The van der Waals surface area contributed by atoms with Crippen molar-refractivity contribution in [2.75, 3.05) is 13.2 Å². The van der Waals surface area contributed by atoms with E-state index in [2.05, 4.69) is 10.4 Å². The molecule has 150 valence electrons. The van der Waals surface area contributed by atoms with Gasteiger partial charge in [-0.05, 0) is 31.2 Å². The van der Waals surface area contributed by atoms with Crippen LogP contribution in [-0.4, -0.2) is 34.8 Å². The van der Waals surface area contributed by atoms with Gasteiger partial charge in [0.25, 0.3) is 11.5 Å². The highest BCUT2D eigenvalue weighted by Gasteiger charge is 2.19. The van der Waals surface area contributed by atoms with Crippen molar-refractivity contribution in [3.8, 4) is 0 Å². The van der Waals surface area contributed by atoms with Crippen molar-refractivity contribution in [2.24, 2.45) is 5.92 Å². The van der Waals surface area contributed by atoms with Crippen molar-refractivity contribution in [2.45, 2.75) is 52.0 Å². The molecule has 1 fully saturated rings. The van der Waals surface area contributed by atoms with Gasteiger partial charge in [0.05, 0.1) is 5.39 Å². The summed E-state index contributed by atoms with van der Waals surface area (Å²) in [6, 6.07) is 6.81. The molecule has 0 aliphatic heterocycles. The Labute approximate surface area is 164 Å². The molecule has 0 unspecified atom stereocenters. The molecule has 1 aromatic carbocycles. The highest BCUT2D eigenvalue weighted by atomic mass is 16.5. The molecule has 1 aliphatic rings. The first-order valence-corrected chi connectivity index (χ1v) is 10.0. The second kappa shape index (κ2) is 9.48. The molecule has 0 saturated heterocycles. The fraction of sp³-hybridized carbons (Fsp3) is 0.524. The van der Waals surface area contributed by atoms with Crippen molar-refractivity contribution in [1.82, 2.24) is 15.1 Å². The Morgan fingerprint density at radius 2 is 1.89 bits per heavy atom. The minimum atomic E-state index is -0.700. The number of benzene rings is 1. The molecular weight excluding hydrogens is 358 g/mol. The third-order valence-electron chi connectivity index (χ3n) is 5.14. The SMILES string of the molecule is CCCn1nc(C(=O)OCC(=O)NCC2CCCCC2)c2ccccc2c1=O. The largest absolute Gasteiger partial charge is 0.451 e. The number of nitrogens with zero attached hydrogens (tertiary/aromatic N) is 2. The molecule has 1 heterocycles. The van der Waals surface area contributed by atoms with Crippen LogP contribution in [0.1, 0.15) is 55.9 Å². The molecule has 3 rings (SSSR count). The fourth-order valence-electron chi connectivity index (χ4n) is 3.65. The van der Waals surface area contributed by atoms with Crippen LogP contribution >= 0.6 is 0 Å². The Hall–Kier alpha value is -2.70. The van der Waals surface area contributed by atoms with Gasteiger partial charge in [-0.25, -0.2) is 9.48 Å². The van der Waals surface area contributed by atoms with E-state index in [4.69, 9.17) is 4.74 Å². The van der Waals surface area contributed by atoms with Crippen LogP contribution in [0.2, 0.25) is 0 Å². The molecular formula is C21H27N3O4. The molecule has 0 atom stereocenters. The number of esters is 1.